The van der Waals surface area contributed by atoms with Crippen LogP contribution in [0.25, 0.3) is 0 Å². The fourth-order valence-corrected chi connectivity index (χ4v) is 4.12. The zero-order valence-corrected chi connectivity index (χ0v) is 14.5. The van der Waals surface area contributed by atoms with E-state index in [9.17, 15) is 23.5 Å². The summed E-state index contributed by atoms with van der Waals surface area (Å²) in [5.74, 6) is -3.83. The Hall–Kier alpha value is -2.76. The number of amides is 1. The van der Waals surface area contributed by atoms with Crippen molar-refractivity contribution < 1.29 is 23.5 Å². The molecule has 0 spiro atoms. The monoisotopic (exact) mass is 371 g/mol. The van der Waals surface area contributed by atoms with Crippen molar-refractivity contribution >= 4 is 11.9 Å². The maximum absolute atomic E-state index is 14.0. The predicted octanol–water partition coefficient (Wildman–Crippen LogP) is 3.40. The summed E-state index contributed by atoms with van der Waals surface area (Å²) in [6.07, 6.45) is 0.462. The van der Waals surface area contributed by atoms with E-state index >= 15 is 0 Å². The molecule has 2 aliphatic rings. The van der Waals surface area contributed by atoms with E-state index in [-0.39, 0.29) is 29.9 Å². The van der Waals surface area contributed by atoms with Crippen molar-refractivity contribution in [1.29, 1.82) is 0 Å². The van der Waals surface area contributed by atoms with E-state index in [0.29, 0.717) is 13.0 Å². The molecule has 1 aliphatic carbocycles. The van der Waals surface area contributed by atoms with Gasteiger partial charge in [-0.25, -0.2) is 8.78 Å². The molecule has 2 fully saturated rings. The van der Waals surface area contributed by atoms with Gasteiger partial charge in [-0.15, -0.1) is 0 Å². The number of rotatable bonds is 4. The minimum Gasteiger partial charge on any atom is -0.481 e. The van der Waals surface area contributed by atoms with Crippen LogP contribution < -0.4 is 0 Å². The van der Waals surface area contributed by atoms with E-state index < -0.39 is 29.4 Å². The summed E-state index contributed by atoms with van der Waals surface area (Å²) in [6.45, 7) is 0.469. The minimum absolute atomic E-state index is 0.141. The number of carboxylic acid groups (broad SMARTS) is 1. The molecule has 1 N–H and O–H groups in total. The molecule has 0 radical (unpaired) electrons. The zero-order valence-electron chi connectivity index (χ0n) is 14.5. The number of aliphatic carboxylic acids is 1. The minimum atomic E-state index is -0.928. The molecule has 0 bridgehead atoms. The summed E-state index contributed by atoms with van der Waals surface area (Å²) < 4.78 is 27.4. The second-order valence-corrected chi connectivity index (χ2v) is 7.32. The van der Waals surface area contributed by atoms with Crippen LogP contribution in [0.5, 0.6) is 0 Å². The van der Waals surface area contributed by atoms with Crippen LogP contribution in [0.15, 0.2) is 48.5 Å². The largest absolute Gasteiger partial charge is 0.481 e. The van der Waals surface area contributed by atoms with Gasteiger partial charge in [0.15, 0.2) is 0 Å². The predicted molar refractivity (Wildman–Crippen MR) is 94.1 cm³/mol. The van der Waals surface area contributed by atoms with Crippen molar-refractivity contribution in [3.63, 3.8) is 0 Å². The zero-order chi connectivity index (χ0) is 19.1. The van der Waals surface area contributed by atoms with Gasteiger partial charge in [0, 0.05) is 24.9 Å². The first-order valence-corrected chi connectivity index (χ1v) is 8.97. The lowest BCUT2D eigenvalue weighted by Gasteiger charge is -2.17. The highest BCUT2D eigenvalue weighted by Crippen LogP contribution is 2.50. The standard InChI is InChI=1S/C21H19F2NO3/c22-13-6-7-19(23)15(8-13)14-9-16(14)20(25)24-10-17(18(11-24)21(26)27)12-4-2-1-3-5-12/h1-8,14,16-18H,9-11H2,(H,26,27)/t14?,16?,17-,18-/m1/s1. The third-order valence-electron chi connectivity index (χ3n) is 5.64. The smallest absolute Gasteiger partial charge is 0.308 e. The molecule has 2 aromatic rings. The maximum atomic E-state index is 14.0. The Labute approximate surface area is 155 Å². The Morgan fingerprint density at radius 1 is 0.963 bits per heavy atom. The van der Waals surface area contributed by atoms with Gasteiger partial charge in [0.2, 0.25) is 5.91 Å². The van der Waals surface area contributed by atoms with Crippen LogP contribution in [0.1, 0.15) is 29.4 Å². The summed E-state index contributed by atoms with van der Waals surface area (Å²) >= 11 is 0. The summed E-state index contributed by atoms with van der Waals surface area (Å²) in [4.78, 5) is 26.1. The Balaban J connectivity index is 1.50. The highest BCUT2D eigenvalue weighted by atomic mass is 19.1. The van der Waals surface area contributed by atoms with E-state index in [2.05, 4.69) is 0 Å². The first-order chi connectivity index (χ1) is 13.0. The van der Waals surface area contributed by atoms with Crippen molar-refractivity contribution in [2.24, 2.45) is 11.8 Å². The molecule has 2 unspecified atom stereocenters. The van der Waals surface area contributed by atoms with Gasteiger partial charge in [-0.2, -0.15) is 0 Å². The molecule has 140 valence electrons. The first kappa shape index (κ1) is 17.6. The second-order valence-electron chi connectivity index (χ2n) is 7.32. The molecule has 4 nitrogen and oxygen atoms in total. The van der Waals surface area contributed by atoms with Crippen LogP contribution in [0.2, 0.25) is 0 Å². The molecule has 1 heterocycles. The number of carbonyl (C=O) groups excluding carboxylic acids is 1. The van der Waals surface area contributed by atoms with Crippen LogP contribution in [0.3, 0.4) is 0 Å². The van der Waals surface area contributed by atoms with Crippen LogP contribution in [0.4, 0.5) is 8.78 Å². The third kappa shape index (κ3) is 3.31. The molecular weight excluding hydrogens is 352 g/mol. The van der Waals surface area contributed by atoms with E-state index in [0.717, 1.165) is 23.8 Å². The maximum Gasteiger partial charge on any atom is 0.308 e. The lowest BCUT2D eigenvalue weighted by Crippen LogP contribution is -2.31. The topological polar surface area (TPSA) is 57.6 Å². The lowest BCUT2D eigenvalue weighted by molar-refractivity contribution is -0.142. The van der Waals surface area contributed by atoms with Crippen LogP contribution in [-0.2, 0) is 9.59 Å². The highest BCUT2D eigenvalue weighted by molar-refractivity contribution is 5.85. The number of carbonyl (C=O) groups is 2. The van der Waals surface area contributed by atoms with Gasteiger partial charge in [-0.05, 0) is 41.7 Å². The van der Waals surface area contributed by atoms with E-state index in [1.165, 1.54) is 0 Å². The molecular formula is C21H19F2NO3. The Kier molecular flexibility index (Phi) is 4.42. The van der Waals surface area contributed by atoms with Gasteiger partial charge >= 0.3 is 5.97 Å². The van der Waals surface area contributed by atoms with E-state index in [4.69, 9.17) is 0 Å². The van der Waals surface area contributed by atoms with Crippen LogP contribution in [-0.4, -0.2) is 35.0 Å². The average Bonchev–Trinajstić information content (AvgIpc) is 3.32. The Morgan fingerprint density at radius 3 is 2.41 bits per heavy atom. The fraction of sp³-hybridized carbons (Fsp3) is 0.333. The normalized spacial score (nSPS) is 26.8. The molecule has 27 heavy (non-hydrogen) atoms. The van der Waals surface area contributed by atoms with Gasteiger partial charge in [0.1, 0.15) is 11.6 Å². The van der Waals surface area contributed by atoms with Gasteiger partial charge in [0.05, 0.1) is 5.92 Å². The second kappa shape index (κ2) is 6.76. The summed E-state index contributed by atoms with van der Waals surface area (Å²) in [5, 5.41) is 9.57. The first-order valence-electron chi connectivity index (χ1n) is 8.97. The highest BCUT2D eigenvalue weighted by Gasteiger charge is 2.50. The van der Waals surface area contributed by atoms with Crippen molar-refractivity contribution in [2.75, 3.05) is 13.1 Å². The number of carboxylic acids is 1. The fourth-order valence-electron chi connectivity index (χ4n) is 4.12. The number of benzene rings is 2. The summed E-state index contributed by atoms with van der Waals surface area (Å²) in [7, 11) is 0. The van der Waals surface area contributed by atoms with Crippen molar-refractivity contribution in [3.8, 4) is 0 Å². The summed E-state index contributed by atoms with van der Waals surface area (Å²) in [5.41, 5.74) is 1.12. The number of hydrogen-bond donors (Lipinski definition) is 1. The molecule has 4 atom stereocenters. The average molecular weight is 371 g/mol. The van der Waals surface area contributed by atoms with E-state index in [1.54, 1.807) is 4.90 Å². The molecule has 4 rings (SSSR count). The molecule has 2 aromatic carbocycles. The number of likely N-dealkylation sites (tertiary alicyclic amines) is 1. The number of nitrogens with zero attached hydrogens (tertiary/aromatic N) is 1. The summed E-state index contributed by atoms with van der Waals surface area (Å²) in [6, 6.07) is 12.6. The molecule has 0 aromatic heterocycles. The molecule has 1 amide bonds. The van der Waals surface area contributed by atoms with E-state index in [1.807, 2.05) is 30.3 Å². The lowest BCUT2D eigenvalue weighted by atomic mass is 9.89. The Morgan fingerprint density at radius 2 is 1.70 bits per heavy atom. The number of halogens is 2. The SMILES string of the molecule is O=C(O)[C@@H]1CN(C(=O)C2CC2c2cc(F)ccc2F)C[C@@H]1c1ccccc1. The van der Waals surface area contributed by atoms with Gasteiger partial charge < -0.3 is 10.0 Å². The van der Waals surface area contributed by atoms with Crippen molar-refractivity contribution in [2.45, 2.75) is 18.3 Å². The molecule has 1 saturated heterocycles. The molecule has 1 aliphatic heterocycles. The van der Waals surface area contributed by atoms with Gasteiger partial charge in [0.25, 0.3) is 0 Å². The van der Waals surface area contributed by atoms with Crippen molar-refractivity contribution in [1.82, 2.24) is 4.90 Å². The third-order valence-corrected chi connectivity index (χ3v) is 5.64. The quantitative estimate of drug-likeness (QED) is 0.896. The van der Waals surface area contributed by atoms with Crippen LogP contribution in [0, 0.1) is 23.5 Å². The Bertz CT molecular complexity index is 886. The molecule has 6 heteroatoms. The molecule has 1 saturated carbocycles. The number of hydrogen-bond acceptors (Lipinski definition) is 2. The van der Waals surface area contributed by atoms with Gasteiger partial charge in [-0.3, -0.25) is 9.59 Å². The van der Waals surface area contributed by atoms with Crippen molar-refractivity contribution in [3.05, 3.63) is 71.3 Å². The van der Waals surface area contributed by atoms with Gasteiger partial charge in [-0.1, -0.05) is 30.3 Å². The van der Waals surface area contributed by atoms with Crippen LogP contribution >= 0.6 is 0 Å².